The first-order chi connectivity index (χ1) is 14.4. The van der Waals surface area contributed by atoms with Gasteiger partial charge >= 0.3 is 5.97 Å². The Balaban J connectivity index is 1.58. The number of ether oxygens (including phenoxy) is 2. The van der Waals surface area contributed by atoms with Gasteiger partial charge in [-0.05, 0) is 36.4 Å². The number of nitrogens with zero attached hydrogens (tertiary/aromatic N) is 2. The molecule has 0 bridgehead atoms. The largest absolute Gasteiger partial charge is 0.497 e. The Morgan fingerprint density at radius 3 is 2.63 bits per heavy atom. The van der Waals surface area contributed by atoms with Gasteiger partial charge in [-0.2, -0.15) is 0 Å². The number of amides is 1. The van der Waals surface area contributed by atoms with Gasteiger partial charge in [0.05, 0.1) is 12.0 Å². The van der Waals surface area contributed by atoms with Gasteiger partial charge in [-0.1, -0.05) is 11.6 Å². The summed E-state index contributed by atoms with van der Waals surface area (Å²) >= 11 is 6.98. The first kappa shape index (κ1) is 21.2. The lowest BCUT2D eigenvalue weighted by Crippen LogP contribution is -2.21. The van der Waals surface area contributed by atoms with Crippen molar-refractivity contribution in [1.82, 2.24) is 4.98 Å². The summed E-state index contributed by atoms with van der Waals surface area (Å²) in [5.41, 5.74) is 0.685. The molecule has 0 fully saturated rings. The highest BCUT2D eigenvalue weighted by Gasteiger charge is 2.17. The van der Waals surface area contributed by atoms with Gasteiger partial charge in [0, 0.05) is 22.7 Å². The fourth-order valence-corrected chi connectivity index (χ4v) is 3.35. The Kier molecular flexibility index (Phi) is 6.60. The van der Waals surface area contributed by atoms with Crippen molar-refractivity contribution in [1.29, 1.82) is 0 Å². The third-order valence-electron chi connectivity index (χ3n) is 3.81. The van der Waals surface area contributed by atoms with Crippen molar-refractivity contribution in [3.8, 4) is 16.3 Å². The lowest BCUT2D eigenvalue weighted by Gasteiger charge is -2.06. The minimum atomic E-state index is -0.761. The van der Waals surface area contributed by atoms with E-state index >= 15 is 0 Å². The molecule has 30 heavy (non-hydrogen) atoms. The molecule has 0 unspecified atom stereocenters. The maximum absolute atomic E-state index is 12.1. The van der Waals surface area contributed by atoms with Crippen LogP contribution >= 0.6 is 22.9 Å². The quantitative estimate of drug-likeness (QED) is 0.327. The molecule has 0 aliphatic carbocycles. The van der Waals surface area contributed by atoms with Crippen molar-refractivity contribution in [3.05, 3.63) is 68.7 Å². The van der Waals surface area contributed by atoms with Crippen molar-refractivity contribution >= 4 is 46.2 Å². The smallest absolute Gasteiger partial charge is 0.358 e. The monoisotopic (exact) mass is 447 g/mol. The van der Waals surface area contributed by atoms with Crippen LogP contribution in [-0.4, -0.2) is 35.5 Å². The first-order valence-corrected chi connectivity index (χ1v) is 9.64. The van der Waals surface area contributed by atoms with Gasteiger partial charge in [0.15, 0.2) is 12.3 Å². The van der Waals surface area contributed by atoms with Gasteiger partial charge in [0.2, 0.25) is 0 Å². The molecule has 0 radical (unpaired) electrons. The van der Waals surface area contributed by atoms with E-state index < -0.39 is 23.4 Å². The zero-order valence-corrected chi connectivity index (χ0v) is 17.0. The molecule has 0 saturated heterocycles. The third kappa shape index (κ3) is 5.10. The van der Waals surface area contributed by atoms with E-state index in [4.69, 9.17) is 21.1 Å². The number of nitro benzene ring substituents is 1. The summed E-state index contributed by atoms with van der Waals surface area (Å²) in [5.74, 6) is -0.721. The molecular formula is C19H14ClN3O6S. The van der Waals surface area contributed by atoms with E-state index in [0.717, 1.165) is 11.6 Å². The van der Waals surface area contributed by atoms with E-state index in [1.807, 2.05) is 12.1 Å². The van der Waals surface area contributed by atoms with E-state index in [0.29, 0.717) is 10.8 Å². The number of halogens is 1. The molecule has 1 heterocycles. The minimum absolute atomic E-state index is 0.0550. The van der Waals surface area contributed by atoms with Crippen LogP contribution in [0.1, 0.15) is 10.5 Å². The molecule has 9 nitrogen and oxygen atoms in total. The number of hydrogen-bond acceptors (Lipinski definition) is 8. The Hall–Kier alpha value is -3.50. The highest BCUT2D eigenvalue weighted by atomic mass is 35.5. The average Bonchev–Trinajstić information content (AvgIpc) is 3.23. The Morgan fingerprint density at radius 2 is 1.97 bits per heavy atom. The second-order valence-corrected chi connectivity index (χ2v) is 7.08. The number of benzene rings is 2. The van der Waals surface area contributed by atoms with Crippen LogP contribution in [0.2, 0.25) is 5.02 Å². The predicted molar refractivity (Wildman–Crippen MR) is 111 cm³/mol. The van der Waals surface area contributed by atoms with Crippen LogP contribution in [0.4, 0.5) is 11.4 Å². The van der Waals surface area contributed by atoms with E-state index in [1.54, 1.807) is 19.2 Å². The van der Waals surface area contributed by atoms with E-state index in [2.05, 4.69) is 10.3 Å². The number of nitro groups is 1. The fourth-order valence-electron chi connectivity index (χ4n) is 2.37. The summed E-state index contributed by atoms with van der Waals surface area (Å²) in [4.78, 5) is 38.6. The number of nitrogens with one attached hydrogen (secondary N) is 1. The highest BCUT2D eigenvalue weighted by Crippen LogP contribution is 2.28. The second kappa shape index (κ2) is 9.33. The number of aromatic nitrogens is 1. The first-order valence-electron chi connectivity index (χ1n) is 8.38. The number of rotatable bonds is 7. The fraction of sp³-hybridized carbons (Fsp3) is 0.105. The van der Waals surface area contributed by atoms with Gasteiger partial charge in [-0.25, -0.2) is 9.78 Å². The maximum Gasteiger partial charge on any atom is 0.358 e. The predicted octanol–water partition coefficient (Wildman–Crippen LogP) is 4.18. The van der Waals surface area contributed by atoms with Crippen molar-refractivity contribution < 1.29 is 24.0 Å². The molecule has 0 atom stereocenters. The van der Waals surface area contributed by atoms with E-state index in [9.17, 15) is 19.7 Å². The number of carbonyl (C=O) groups is 2. The van der Waals surface area contributed by atoms with Gasteiger partial charge in [0.1, 0.15) is 15.8 Å². The van der Waals surface area contributed by atoms with Gasteiger partial charge < -0.3 is 14.8 Å². The second-order valence-electron chi connectivity index (χ2n) is 5.81. The van der Waals surface area contributed by atoms with E-state index in [-0.39, 0.29) is 22.1 Å². The molecule has 0 aliphatic rings. The van der Waals surface area contributed by atoms with Crippen LogP contribution in [0, 0.1) is 10.1 Å². The third-order valence-corrected chi connectivity index (χ3v) is 5.02. The van der Waals surface area contributed by atoms with E-state index in [1.165, 1.54) is 28.8 Å². The molecule has 0 aliphatic heterocycles. The highest BCUT2D eigenvalue weighted by molar-refractivity contribution is 7.13. The molecule has 1 aromatic heterocycles. The molecular weight excluding hydrogens is 434 g/mol. The molecule has 0 saturated carbocycles. The number of anilines is 1. The summed E-state index contributed by atoms with van der Waals surface area (Å²) in [6.45, 7) is -0.579. The number of carbonyl (C=O) groups excluding carboxylic acids is 2. The van der Waals surface area contributed by atoms with Crippen LogP contribution in [-0.2, 0) is 9.53 Å². The van der Waals surface area contributed by atoms with Gasteiger partial charge in [0.25, 0.3) is 11.6 Å². The zero-order chi connectivity index (χ0) is 21.7. The molecule has 154 valence electrons. The summed E-state index contributed by atoms with van der Waals surface area (Å²) in [6.07, 6.45) is 0. The van der Waals surface area contributed by atoms with Crippen LogP contribution in [0.25, 0.3) is 10.6 Å². The molecule has 11 heteroatoms. The van der Waals surface area contributed by atoms with Crippen molar-refractivity contribution in [2.24, 2.45) is 0 Å². The summed E-state index contributed by atoms with van der Waals surface area (Å²) in [7, 11) is 1.57. The van der Waals surface area contributed by atoms with Gasteiger partial charge in [-0.3, -0.25) is 14.9 Å². The van der Waals surface area contributed by atoms with Crippen molar-refractivity contribution in [3.63, 3.8) is 0 Å². The lowest BCUT2D eigenvalue weighted by molar-refractivity contribution is -0.384. The molecule has 1 N–H and O–H groups in total. The Labute approximate surface area is 179 Å². The summed E-state index contributed by atoms with van der Waals surface area (Å²) in [5, 5.41) is 15.4. The average molecular weight is 448 g/mol. The van der Waals surface area contributed by atoms with Crippen molar-refractivity contribution in [2.45, 2.75) is 0 Å². The number of thiazole rings is 1. The molecule has 1 amide bonds. The molecule has 3 rings (SSSR count). The van der Waals surface area contributed by atoms with Crippen LogP contribution < -0.4 is 10.1 Å². The molecule has 2 aromatic carbocycles. The lowest BCUT2D eigenvalue weighted by atomic mass is 10.2. The number of hydrogen-bond donors (Lipinski definition) is 1. The normalized spacial score (nSPS) is 10.3. The molecule has 3 aromatic rings. The van der Waals surface area contributed by atoms with Crippen LogP contribution in [0.5, 0.6) is 5.75 Å². The standard InChI is InChI=1S/C19H14ClN3O6S/c1-28-13-5-2-11(3-6-13)18-22-15(10-30-18)19(25)29-9-17(24)21-12-4-7-14(20)16(8-12)23(26)27/h2-8,10H,9H2,1H3,(H,21,24). The minimum Gasteiger partial charge on any atom is -0.497 e. The number of esters is 1. The number of methoxy groups -OCH3 is 1. The SMILES string of the molecule is COc1ccc(-c2nc(C(=O)OCC(=O)Nc3ccc(Cl)c([N+](=O)[O-])c3)cs2)cc1. The maximum atomic E-state index is 12.1. The van der Waals surface area contributed by atoms with Gasteiger partial charge in [-0.15, -0.1) is 11.3 Å². The summed E-state index contributed by atoms with van der Waals surface area (Å²) < 4.78 is 10.1. The Morgan fingerprint density at radius 1 is 1.23 bits per heavy atom. The van der Waals surface area contributed by atoms with Crippen molar-refractivity contribution in [2.75, 3.05) is 19.0 Å². The van der Waals surface area contributed by atoms with Crippen LogP contribution in [0.3, 0.4) is 0 Å². The Bertz CT molecular complexity index is 1100. The van der Waals surface area contributed by atoms with Crippen LogP contribution in [0.15, 0.2) is 47.8 Å². The molecule has 0 spiro atoms. The summed E-state index contributed by atoms with van der Waals surface area (Å²) in [6, 6.07) is 11.0. The topological polar surface area (TPSA) is 121 Å². The zero-order valence-electron chi connectivity index (χ0n) is 15.5.